The molecule has 1 N–H and O–H groups in total. The molecule has 2 aliphatic heterocycles. The van der Waals surface area contributed by atoms with E-state index in [4.69, 9.17) is 9.73 Å². The first kappa shape index (κ1) is 24.6. The number of fused-ring (bicyclic) bond motifs is 1. The number of nitrogens with one attached hydrogen (secondary N) is 1. The molecule has 3 aromatic rings. The quantitative estimate of drug-likeness (QED) is 0.396. The van der Waals surface area contributed by atoms with Crippen LogP contribution in [0.4, 0.5) is 0 Å². The average molecular weight is 510 g/mol. The highest BCUT2D eigenvalue weighted by Crippen LogP contribution is 2.46. The molecule has 1 amide bonds. The Morgan fingerprint density at radius 1 is 0.946 bits per heavy atom. The Hall–Kier alpha value is -4.10. The van der Waals surface area contributed by atoms with E-state index in [9.17, 15) is 9.59 Å². The lowest BCUT2D eigenvalue weighted by Crippen LogP contribution is -2.38. The van der Waals surface area contributed by atoms with Crippen molar-refractivity contribution in [3.63, 3.8) is 0 Å². The second-order valence-electron chi connectivity index (χ2n) is 8.59. The van der Waals surface area contributed by atoms with Crippen LogP contribution in [0.1, 0.15) is 36.1 Å². The molecule has 0 unspecified atom stereocenters. The third-order valence-corrected chi connectivity index (χ3v) is 7.03. The first-order valence-corrected chi connectivity index (χ1v) is 13.1. The lowest BCUT2D eigenvalue weighted by atomic mass is 9.91. The van der Waals surface area contributed by atoms with Crippen LogP contribution in [0.25, 0.3) is 5.70 Å². The molecular formula is C30H27N3O3S. The Kier molecular flexibility index (Phi) is 7.51. The first-order valence-electron chi connectivity index (χ1n) is 12.2. The van der Waals surface area contributed by atoms with Gasteiger partial charge >= 0.3 is 5.97 Å². The molecule has 0 spiro atoms. The molecular weight excluding hydrogens is 482 g/mol. The number of nitrogens with zero attached hydrogens (tertiary/aromatic N) is 2. The number of amides is 1. The molecule has 7 heteroatoms. The van der Waals surface area contributed by atoms with Crippen molar-refractivity contribution in [2.45, 2.75) is 25.9 Å². The summed E-state index contributed by atoms with van der Waals surface area (Å²) in [7, 11) is 0. The second kappa shape index (κ2) is 11.3. The number of rotatable bonds is 8. The average Bonchev–Trinajstić information content (AvgIpc) is 3.34. The topological polar surface area (TPSA) is 71.0 Å². The van der Waals surface area contributed by atoms with Crippen molar-refractivity contribution in [2.24, 2.45) is 4.99 Å². The first-order chi connectivity index (χ1) is 18.2. The minimum atomic E-state index is -0.480. The van der Waals surface area contributed by atoms with Crippen molar-refractivity contribution >= 4 is 34.5 Å². The van der Waals surface area contributed by atoms with Crippen LogP contribution in [0.5, 0.6) is 0 Å². The van der Waals surface area contributed by atoms with Gasteiger partial charge in [-0.3, -0.25) is 4.79 Å². The van der Waals surface area contributed by atoms with Gasteiger partial charge in [-0.2, -0.15) is 0 Å². The Bertz CT molecular complexity index is 1370. The molecule has 37 heavy (non-hydrogen) atoms. The van der Waals surface area contributed by atoms with Crippen molar-refractivity contribution in [3.8, 4) is 0 Å². The number of hydrogen-bond donors (Lipinski definition) is 1. The molecule has 2 aliphatic rings. The lowest BCUT2D eigenvalue weighted by Gasteiger charge is -2.36. The molecule has 0 fully saturated rings. The van der Waals surface area contributed by atoms with Crippen LogP contribution in [0.15, 0.2) is 113 Å². The maximum atomic E-state index is 13.5. The SMILES string of the molecule is CCOC(=O)C1=C(c2ccccc2)N=C2SC=C(CC(=O)NCc3ccccc3)N2[C@@H]1c1ccccc1. The number of hydrogen-bond acceptors (Lipinski definition) is 6. The van der Waals surface area contributed by atoms with Gasteiger partial charge < -0.3 is 15.0 Å². The van der Waals surface area contributed by atoms with Crippen molar-refractivity contribution in [2.75, 3.05) is 6.61 Å². The molecule has 0 saturated heterocycles. The van der Waals surface area contributed by atoms with E-state index < -0.39 is 12.0 Å². The maximum absolute atomic E-state index is 13.5. The molecule has 5 rings (SSSR count). The summed E-state index contributed by atoms with van der Waals surface area (Å²) in [6.45, 7) is 2.50. The second-order valence-corrected chi connectivity index (χ2v) is 9.43. The van der Waals surface area contributed by atoms with Gasteiger partial charge in [0.2, 0.25) is 5.91 Å². The van der Waals surface area contributed by atoms with Crippen LogP contribution in [0.2, 0.25) is 0 Å². The van der Waals surface area contributed by atoms with Gasteiger partial charge in [0.1, 0.15) is 0 Å². The van der Waals surface area contributed by atoms with Crippen LogP contribution in [-0.2, 0) is 20.9 Å². The summed E-state index contributed by atoms with van der Waals surface area (Å²) in [5.41, 5.74) is 4.64. The minimum Gasteiger partial charge on any atom is -0.463 e. The Balaban J connectivity index is 1.51. The third-order valence-electron chi connectivity index (χ3n) is 6.14. The van der Waals surface area contributed by atoms with Gasteiger partial charge in [-0.05, 0) is 23.5 Å². The summed E-state index contributed by atoms with van der Waals surface area (Å²) in [5.74, 6) is -0.512. The summed E-state index contributed by atoms with van der Waals surface area (Å²) in [4.78, 5) is 33.4. The highest BCUT2D eigenvalue weighted by atomic mass is 32.2. The van der Waals surface area contributed by atoms with Gasteiger partial charge in [0.05, 0.1) is 30.3 Å². The fourth-order valence-electron chi connectivity index (χ4n) is 4.46. The van der Waals surface area contributed by atoms with Crippen LogP contribution in [0, 0.1) is 0 Å². The summed E-state index contributed by atoms with van der Waals surface area (Å²) in [6.07, 6.45) is 0.166. The predicted molar refractivity (Wildman–Crippen MR) is 147 cm³/mol. The Labute approximate surface area is 220 Å². The van der Waals surface area contributed by atoms with Gasteiger partial charge in [0.25, 0.3) is 0 Å². The zero-order valence-electron chi connectivity index (χ0n) is 20.5. The lowest BCUT2D eigenvalue weighted by molar-refractivity contribution is -0.139. The summed E-state index contributed by atoms with van der Waals surface area (Å²) < 4.78 is 5.54. The van der Waals surface area contributed by atoms with Gasteiger partial charge in [-0.1, -0.05) is 103 Å². The van der Waals surface area contributed by atoms with E-state index in [1.165, 1.54) is 11.8 Å². The summed E-state index contributed by atoms with van der Waals surface area (Å²) >= 11 is 1.46. The Morgan fingerprint density at radius 3 is 2.27 bits per heavy atom. The summed E-state index contributed by atoms with van der Waals surface area (Å²) in [5, 5.41) is 5.69. The number of esters is 1. The van der Waals surface area contributed by atoms with E-state index in [-0.39, 0.29) is 18.9 Å². The molecule has 0 bridgehead atoms. The molecule has 0 saturated carbocycles. The normalized spacial score (nSPS) is 16.6. The van der Waals surface area contributed by atoms with Gasteiger partial charge in [-0.25, -0.2) is 9.79 Å². The number of amidine groups is 1. The number of benzene rings is 3. The highest BCUT2D eigenvalue weighted by molar-refractivity contribution is 8.16. The van der Waals surface area contributed by atoms with Crippen LogP contribution >= 0.6 is 11.8 Å². The standard InChI is InChI=1S/C30H27N3O3S/c1-2-36-29(35)26-27(22-14-8-4-9-15-22)32-30-33(28(26)23-16-10-5-11-17-23)24(20-37-30)18-25(34)31-19-21-12-6-3-7-13-21/h3-17,20,28H,2,18-19H2,1H3,(H,31,34)/t28-/m1/s1. The van der Waals surface area contributed by atoms with Crippen molar-refractivity contribution in [1.29, 1.82) is 0 Å². The molecule has 186 valence electrons. The molecule has 6 nitrogen and oxygen atoms in total. The minimum absolute atomic E-state index is 0.0979. The molecule has 0 aromatic heterocycles. The van der Waals surface area contributed by atoms with Crippen molar-refractivity contribution in [1.82, 2.24) is 10.2 Å². The van der Waals surface area contributed by atoms with Crippen LogP contribution in [-0.4, -0.2) is 28.6 Å². The molecule has 1 atom stereocenters. The Morgan fingerprint density at radius 2 is 1.59 bits per heavy atom. The number of ether oxygens (including phenoxy) is 1. The summed E-state index contributed by atoms with van der Waals surface area (Å²) in [6, 6.07) is 28.8. The number of thioether (sulfide) groups is 1. The molecule has 3 aromatic carbocycles. The van der Waals surface area contributed by atoms with Crippen LogP contribution in [0.3, 0.4) is 0 Å². The van der Waals surface area contributed by atoms with Crippen LogP contribution < -0.4 is 5.32 Å². The van der Waals surface area contributed by atoms with Gasteiger partial charge in [0.15, 0.2) is 5.17 Å². The fraction of sp³-hybridized carbons (Fsp3) is 0.167. The zero-order valence-corrected chi connectivity index (χ0v) is 21.3. The molecule has 0 radical (unpaired) electrons. The largest absolute Gasteiger partial charge is 0.463 e. The third kappa shape index (κ3) is 5.37. The van der Waals surface area contributed by atoms with Crippen molar-refractivity contribution < 1.29 is 14.3 Å². The molecule has 2 heterocycles. The van der Waals surface area contributed by atoms with E-state index >= 15 is 0 Å². The van der Waals surface area contributed by atoms with Crippen molar-refractivity contribution in [3.05, 3.63) is 124 Å². The predicted octanol–water partition coefficient (Wildman–Crippen LogP) is 5.67. The van der Waals surface area contributed by atoms with Gasteiger partial charge in [-0.15, -0.1) is 0 Å². The van der Waals surface area contributed by atoms with E-state index in [0.717, 1.165) is 27.6 Å². The number of carbonyl (C=O) groups is 2. The van der Waals surface area contributed by atoms with E-state index in [1.54, 1.807) is 6.92 Å². The van der Waals surface area contributed by atoms with E-state index in [0.29, 0.717) is 17.8 Å². The van der Waals surface area contributed by atoms with Gasteiger partial charge in [0, 0.05) is 17.8 Å². The number of carbonyl (C=O) groups excluding carboxylic acids is 2. The highest BCUT2D eigenvalue weighted by Gasteiger charge is 2.42. The van der Waals surface area contributed by atoms with E-state index in [1.807, 2.05) is 101 Å². The maximum Gasteiger partial charge on any atom is 0.338 e. The monoisotopic (exact) mass is 509 g/mol. The number of aliphatic imine (C=N–C) groups is 1. The smallest absolute Gasteiger partial charge is 0.338 e. The fourth-order valence-corrected chi connectivity index (χ4v) is 5.38. The molecule has 0 aliphatic carbocycles. The zero-order chi connectivity index (χ0) is 25.6. The van der Waals surface area contributed by atoms with E-state index in [2.05, 4.69) is 5.32 Å².